The van der Waals surface area contributed by atoms with Gasteiger partial charge in [-0.1, -0.05) is 133 Å². The van der Waals surface area contributed by atoms with E-state index in [1.807, 2.05) is 72.8 Å². The monoisotopic (exact) mass is 692 g/mol. The highest BCUT2D eigenvalue weighted by molar-refractivity contribution is 6.18. The summed E-state index contributed by atoms with van der Waals surface area (Å²) in [7, 11) is 2.13. The molecule has 7 aromatic carbocycles. The molecule has 0 fully saturated rings. The number of furan rings is 1. The Balaban J connectivity index is 1.17. The van der Waals surface area contributed by atoms with Gasteiger partial charge in [0.15, 0.2) is 23.2 Å². The van der Waals surface area contributed by atoms with Crippen molar-refractivity contribution >= 4 is 33.0 Å². The van der Waals surface area contributed by atoms with E-state index in [1.165, 1.54) is 33.0 Å². The number of aromatic nitrogens is 3. The van der Waals surface area contributed by atoms with Gasteiger partial charge in [-0.3, -0.25) is 0 Å². The van der Waals surface area contributed by atoms with E-state index in [9.17, 15) is 0 Å². The molecule has 0 saturated carbocycles. The van der Waals surface area contributed by atoms with Gasteiger partial charge < -0.3 is 9.32 Å². The van der Waals surface area contributed by atoms with E-state index in [1.54, 1.807) is 0 Å². The van der Waals surface area contributed by atoms with Crippen LogP contribution in [0.3, 0.4) is 0 Å². The van der Waals surface area contributed by atoms with Crippen molar-refractivity contribution in [1.82, 2.24) is 15.0 Å². The molecule has 2 aromatic heterocycles. The lowest BCUT2D eigenvalue weighted by Gasteiger charge is -2.24. The summed E-state index contributed by atoms with van der Waals surface area (Å²) in [5.41, 5.74) is 14.2. The third-order valence-corrected chi connectivity index (χ3v) is 10.8. The van der Waals surface area contributed by atoms with E-state index >= 15 is 0 Å². The number of anilines is 1. The Bertz CT molecular complexity index is 2890. The van der Waals surface area contributed by atoms with Gasteiger partial charge in [0.25, 0.3) is 0 Å². The largest absolute Gasteiger partial charge is 0.454 e. The molecule has 0 saturated heterocycles. The highest BCUT2D eigenvalue weighted by atomic mass is 16.3. The Kier molecular flexibility index (Phi) is 6.76. The normalized spacial score (nSPS) is 12.9. The summed E-state index contributed by atoms with van der Waals surface area (Å²) in [6, 6.07) is 55.3. The van der Waals surface area contributed by atoms with Gasteiger partial charge in [-0.25, -0.2) is 15.0 Å². The standard InChI is InChI=1S/C49H32N4O/c1-53-26-25-36(46-45(53)42-19-10-11-22-43(42)54-46)33-27-32(35-23-24-41-38-18-9-8-17-37(38)40-21-12-20-39(35)44(40)41)28-34(29-33)49-51-47(30-13-4-2-5-14-30)50-48(52-49)31-15-6-3-7-16-31/h2-25,27-29H,26H2,1H3. The van der Waals surface area contributed by atoms with Crippen molar-refractivity contribution in [1.29, 1.82) is 0 Å². The maximum Gasteiger partial charge on any atom is 0.164 e. The third kappa shape index (κ3) is 4.75. The molecule has 0 spiro atoms. The van der Waals surface area contributed by atoms with Crippen LogP contribution >= 0.6 is 0 Å². The van der Waals surface area contributed by atoms with Crippen LogP contribution in [0.15, 0.2) is 168 Å². The smallest absolute Gasteiger partial charge is 0.164 e. The number of para-hydroxylation sites is 1. The first-order valence-corrected chi connectivity index (χ1v) is 18.3. The Morgan fingerprint density at radius 3 is 1.72 bits per heavy atom. The molecule has 254 valence electrons. The molecular formula is C49H32N4O. The highest BCUT2D eigenvalue weighted by Crippen LogP contribution is 2.50. The van der Waals surface area contributed by atoms with Gasteiger partial charge in [-0.2, -0.15) is 0 Å². The zero-order valence-corrected chi connectivity index (χ0v) is 29.5. The quantitative estimate of drug-likeness (QED) is 0.180. The van der Waals surface area contributed by atoms with Crippen LogP contribution < -0.4 is 4.90 Å². The summed E-state index contributed by atoms with van der Waals surface area (Å²) < 4.78 is 6.67. The zero-order valence-electron chi connectivity index (χ0n) is 29.5. The fraction of sp³-hybridized carbons (Fsp3) is 0.0408. The summed E-state index contributed by atoms with van der Waals surface area (Å²) in [6.45, 7) is 0.757. The Hall–Kier alpha value is -7.11. The van der Waals surface area contributed by atoms with Crippen LogP contribution in [-0.2, 0) is 0 Å². The summed E-state index contributed by atoms with van der Waals surface area (Å²) >= 11 is 0. The lowest BCUT2D eigenvalue weighted by atomic mass is 9.89. The average molecular weight is 693 g/mol. The number of hydrogen-bond acceptors (Lipinski definition) is 5. The minimum absolute atomic E-state index is 0.613. The van der Waals surface area contributed by atoms with Crippen molar-refractivity contribution < 1.29 is 4.42 Å². The van der Waals surface area contributed by atoms with Gasteiger partial charge in [-0.15, -0.1) is 0 Å². The average Bonchev–Trinajstić information content (AvgIpc) is 3.79. The minimum Gasteiger partial charge on any atom is -0.454 e. The van der Waals surface area contributed by atoms with Gasteiger partial charge in [0.2, 0.25) is 0 Å². The van der Waals surface area contributed by atoms with Gasteiger partial charge in [-0.05, 0) is 80.0 Å². The summed E-state index contributed by atoms with van der Waals surface area (Å²) in [4.78, 5) is 17.6. The molecule has 9 aromatic rings. The van der Waals surface area contributed by atoms with Gasteiger partial charge >= 0.3 is 0 Å². The maximum atomic E-state index is 6.67. The molecule has 11 rings (SSSR count). The number of fused-ring (bicyclic) bond motifs is 6. The Labute approximate surface area is 312 Å². The third-order valence-electron chi connectivity index (χ3n) is 10.8. The molecule has 0 radical (unpaired) electrons. The summed E-state index contributed by atoms with van der Waals surface area (Å²) in [5.74, 6) is 2.75. The number of rotatable bonds is 5. The maximum absolute atomic E-state index is 6.67. The van der Waals surface area contributed by atoms with Crippen molar-refractivity contribution in [3.63, 3.8) is 0 Å². The van der Waals surface area contributed by atoms with E-state index in [0.717, 1.165) is 67.9 Å². The predicted molar refractivity (Wildman–Crippen MR) is 220 cm³/mol. The van der Waals surface area contributed by atoms with Gasteiger partial charge in [0, 0.05) is 41.2 Å². The van der Waals surface area contributed by atoms with Crippen LogP contribution in [0.1, 0.15) is 11.3 Å². The van der Waals surface area contributed by atoms with Crippen molar-refractivity contribution in [2.45, 2.75) is 0 Å². The Morgan fingerprint density at radius 2 is 1.00 bits per heavy atom. The number of likely N-dealkylation sites (N-methyl/N-ethyl adjacent to an activating group) is 1. The topological polar surface area (TPSA) is 55.1 Å². The second kappa shape index (κ2) is 12.0. The summed E-state index contributed by atoms with van der Waals surface area (Å²) in [6.07, 6.45) is 2.27. The molecule has 2 aliphatic rings. The number of nitrogens with zero attached hydrogens (tertiary/aromatic N) is 4. The first-order valence-electron chi connectivity index (χ1n) is 18.3. The fourth-order valence-corrected chi connectivity index (χ4v) is 8.32. The van der Waals surface area contributed by atoms with E-state index in [-0.39, 0.29) is 0 Å². The van der Waals surface area contributed by atoms with Crippen molar-refractivity contribution in [2.24, 2.45) is 0 Å². The fourth-order valence-electron chi connectivity index (χ4n) is 8.32. The van der Waals surface area contributed by atoms with Crippen LogP contribution in [0, 0.1) is 0 Å². The molecule has 3 heterocycles. The van der Waals surface area contributed by atoms with Gasteiger partial charge in [0.05, 0.1) is 5.69 Å². The minimum atomic E-state index is 0.613. The highest BCUT2D eigenvalue weighted by Gasteiger charge is 2.27. The van der Waals surface area contributed by atoms with Crippen LogP contribution in [-0.4, -0.2) is 28.5 Å². The molecule has 5 nitrogen and oxygen atoms in total. The van der Waals surface area contributed by atoms with Crippen LogP contribution in [0.2, 0.25) is 0 Å². The molecule has 0 N–H and O–H groups in total. The van der Waals surface area contributed by atoms with Crippen molar-refractivity contribution in [3.8, 4) is 67.5 Å². The van der Waals surface area contributed by atoms with E-state index in [0.29, 0.717) is 17.5 Å². The van der Waals surface area contributed by atoms with E-state index < -0.39 is 0 Å². The molecule has 0 amide bonds. The predicted octanol–water partition coefficient (Wildman–Crippen LogP) is 12.0. The van der Waals surface area contributed by atoms with Crippen LogP contribution in [0.5, 0.6) is 0 Å². The number of hydrogen-bond donors (Lipinski definition) is 0. The lowest BCUT2D eigenvalue weighted by Crippen LogP contribution is -2.21. The molecule has 1 aliphatic heterocycles. The molecular weight excluding hydrogens is 661 g/mol. The van der Waals surface area contributed by atoms with Crippen LogP contribution in [0.25, 0.3) is 94.9 Å². The summed E-state index contributed by atoms with van der Waals surface area (Å²) in [5, 5.41) is 3.62. The zero-order chi connectivity index (χ0) is 35.8. The van der Waals surface area contributed by atoms with Crippen molar-refractivity contribution in [3.05, 3.63) is 175 Å². The molecule has 54 heavy (non-hydrogen) atoms. The molecule has 1 aliphatic carbocycles. The van der Waals surface area contributed by atoms with Gasteiger partial charge in [0.1, 0.15) is 5.58 Å². The first kappa shape index (κ1) is 30.5. The van der Waals surface area contributed by atoms with Crippen LogP contribution in [0.4, 0.5) is 5.69 Å². The molecule has 5 heteroatoms. The number of benzene rings is 7. The van der Waals surface area contributed by atoms with Crippen molar-refractivity contribution in [2.75, 3.05) is 18.5 Å². The van der Waals surface area contributed by atoms with E-state index in [4.69, 9.17) is 19.4 Å². The first-order chi connectivity index (χ1) is 26.7. The SMILES string of the molecule is CN1CC=C(c2cc(-c3nc(-c4ccccc4)nc(-c4ccccc4)n3)cc(-c3ccc4c5c(cccc35)-c3ccccc3-4)c2)c2oc3ccccc3c21. The second-order valence-electron chi connectivity index (χ2n) is 14.0. The molecule has 0 atom stereocenters. The molecule has 0 unspecified atom stereocenters. The Morgan fingerprint density at radius 1 is 0.463 bits per heavy atom. The molecule has 0 bridgehead atoms. The second-order valence-corrected chi connectivity index (χ2v) is 14.0. The van der Waals surface area contributed by atoms with E-state index in [2.05, 4.69) is 103 Å². The lowest BCUT2D eigenvalue weighted by molar-refractivity contribution is 0.597.